The number of amides is 2. The van der Waals surface area contributed by atoms with Crippen LogP contribution in [0.4, 0.5) is 5.69 Å². The lowest BCUT2D eigenvalue weighted by Crippen LogP contribution is -2.38. The van der Waals surface area contributed by atoms with E-state index in [9.17, 15) is 9.59 Å². The Kier molecular flexibility index (Phi) is 5.56. The summed E-state index contributed by atoms with van der Waals surface area (Å²) in [5.74, 6) is 0.336. The van der Waals surface area contributed by atoms with Gasteiger partial charge in [0, 0.05) is 25.2 Å². The lowest BCUT2D eigenvalue weighted by molar-refractivity contribution is -0.118. The summed E-state index contributed by atoms with van der Waals surface area (Å²) in [5.41, 5.74) is 3.86. The van der Waals surface area contributed by atoms with E-state index in [0.717, 1.165) is 30.6 Å². The normalized spacial score (nSPS) is 13.1. The fraction of sp³-hybridized carbons (Fsp3) is 0.333. The highest BCUT2D eigenvalue weighted by atomic mass is 16.5. The van der Waals surface area contributed by atoms with Crippen molar-refractivity contribution in [3.8, 4) is 5.75 Å². The number of hydrogen-bond donors (Lipinski definition) is 1. The molecule has 5 nitrogen and oxygen atoms in total. The van der Waals surface area contributed by atoms with Gasteiger partial charge in [0.05, 0.1) is 12.7 Å². The number of benzene rings is 2. The molecular formula is C21H24N2O3. The van der Waals surface area contributed by atoms with E-state index < -0.39 is 0 Å². The number of anilines is 1. The van der Waals surface area contributed by atoms with Gasteiger partial charge in [-0.15, -0.1) is 0 Å². The van der Waals surface area contributed by atoms with Gasteiger partial charge in [0.15, 0.2) is 0 Å². The Bertz CT molecular complexity index is 817. The van der Waals surface area contributed by atoms with E-state index in [1.165, 1.54) is 12.7 Å². The molecule has 0 unspecified atom stereocenters. The minimum atomic E-state index is -0.231. The predicted molar refractivity (Wildman–Crippen MR) is 102 cm³/mol. The number of ether oxygens (including phenoxy) is 1. The van der Waals surface area contributed by atoms with Crippen molar-refractivity contribution in [2.45, 2.75) is 26.2 Å². The van der Waals surface area contributed by atoms with Crippen molar-refractivity contribution >= 4 is 17.5 Å². The monoisotopic (exact) mass is 352 g/mol. The molecule has 0 saturated carbocycles. The largest absolute Gasteiger partial charge is 0.496 e. The first-order valence-corrected chi connectivity index (χ1v) is 8.92. The molecule has 1 N–H and O–H groups in total. The number of hydrogen-bond acceptors (Lipinski definition) is 3. The molecule has 1 aliphatic rings. The van der Waals surface area contributed by atoms with Crippen molar-refractivity contribution in [3.05, 3.63) is 59.2 Å². The first kappa shape index (κ1) is 18.0. The van der Waals surface area contributed by atoms with Gasteiger partial charge in [-0.2, -0.15) is 0 Å². The Morgan fingerprint density at radius 3 is 2.77 bits per heavy atom. The zero-order chi connectivity index (χ0) is 18.5. The molecule has 5 heteroatoms. The van der Waals surface area contributed by atoms with Gasteiger partial charge < -0.3 is 15.0 Å². The number of nitrogens with one attached hydrogen (secondary N) is 1. The Labute approximate surface area is 154 Å². The molecule has 0 bridgehead atoms. The van der Waals surface area contributed by atoms with Crippen molar-refractivity contribution in [2.24, 2.45) is 0 Å². The molecule has 2 aromatic carbocycles. The summed E-state index contributed by atoms with van der Waals surface area (Å²) in [4.78, 5) is 26.9. The summed E-state index contributed by atoms with van der Waals surface area (Å²) in [6, 6.07) is 13.2. The highest BCUT2D eigenvalue weighted by Crippen LogP contribution is 2.30. The summed E-state index contributed by atoms with van der Waals surface area (Å²) in [6.07, 6.45) is 2.25. The smallest absolute Gasteiger partial charge is 0.255 e. The molecule has 0 aliphatic carbocycles. The van der Waals surface area contributed by atoms with Gasteiger partial charge in [0.2, 0.25) is 5.91 Å². The topological polar surface area (TPSA) is 58.6 Å². The van der Waals surface area contributed by atoms with Gasteiger partial charge >= 0.3 is 0 Å². The van der Waals surface area contributed by atoms with Crippen molar-refractivity contribution in [1.29, 1.82) is 0 Å². The molecule has 2 aromatic rings. The zero-order valence-electron chi connectivity index (χ0n) is 15.2. The summed E-state index contributed by atoms with van der Waals surface area (Å²) < 4.78 is 5.21. The molecule has 1 heterocycles. The average Bonchev–Trinajstić information content (AvgIpc) is 2.67. The molecule has 0 saturated heterocycles. The van der Waals surface area contributed by atoms with E-state index in [0.29, 0.717) is 17.9 Å². The van der Waals surface area contributed by atoms with E-state index in [1.807, 2.05) is 30.0 Å². The maximum Gasteiger partial charge on any atom is 0.255 e. The fourth-order valence-electron chi connectivity index (χ4n) is 3.44. The van der Waals surface area contributed by atoms with E-state index in [4.69, 9.17) is 4.74 Å². The number of para-hydroxylation sites is 2. The number of rotatable bonds is 5. The Balaban J connectivity index is 1.61. The van der Waals surface area contributed by atoms with E-state index in [1.54, 1.807) is 18.2 Å². The molecule has 0 atom stereocenters. The van der Waals surface area contributed by atoms with Gasteiger partial charge in [-0.05, 0) is 43.0 Å². The summed E-state index contributed by atoms with van der Waals surface area (Å²) >= 11 is 0. The molecule has 0 aromatic heterocycles. The van der Waals surface area contributed by atoms with Gasteiger partial charge in [-0.25, -0.2) is 0 Å². The Morgan fingerprint density at radius 2 is 1.96 bits per heavy atom. The van der Waals surface area contributed by atoms with E-state index >= 15 is 0 Å². The number of nitrogens with zero attached hydrogens (tertiary/aromatic N) is 1. The first-order valence-electron chi connectivity index (χ1n) is 8.92. The Morgan fingerprint density at radius 1 is 1.15 bits per heavy atom. The van der Waals surface area contributed by atoms with Crippen molar-refractivity contribution in [3.63, 3.8) is 0 Å². The summed E-state index contributed by atoms with van der Waals surface area (Å²) in [5, 5.41) is 2.82. The quantitative estimate of drug-likeness (QED) is 0.899. The second-order valence-electron chi connectivity index (χ2n) is 6.44. The van der Waals surface area contributed by atoms with Gasteiger partial charge in [-0.1, -0.05) is 30.3 Å². The van der Waals surface area contributed by atoms with Crippen LogP contribution in [0, 0.1) is 6.92 Å². The van der Waals surface area contributed by atoms with Crippen molar-refractivity contribution < 1.29 is 14.3 Å². The second-order valence-corrected chi connectivity index (χ2v) is 6.44. The zero-order valence-corrected chi connectivity index (χ0v) is 15.2. The molecule has 0 spiro atoms. The van der Waals surface area contributed by atoms with Crippen LogP contribution in [0.25, 0.3) is 0 Å². The van der Waals surface area contributed by atoms with E-state index in [-0.39, 0.29) is 18.2 Å². The maximum atomic E-state index is 12.7. The third-order valence-electron chi connectivity index (χ3n) is 4.70. The summed E-state index contributed by atoms with van der Waals surface area (Å²) in [6.45, 7) is 3.07. The van der Waals surface area contributed by atoms with Crippen LogP contribution in [0.15, 0.2) is 42.5 Å². The van der Waals surface area contributed by atoms with Crippen molar-refractivity contribution in [2.75, 3.05) is 25.1 Å². The fourth-order valence-corrected chi connectivity index (χ4v) is 3.44. The average molecular weight is 352 g/mol. The van der Waals surface area contributed by atoms with Crippen LogP contribution in [0.3, 0.4) is 0 Å². The molecule has 2 amide bonds. The maximum absolute atomic E-state index is 12.7. The third-order valence-corrected chi connectivity index (χ3v) is 4.70. The summed E-state index contributed by atoms with van der Waals surface area (Å²) in [7, 11) is 1.53. The lowest BCUT2D eigenvalue weighted by Gasteiger charge is -2.31. The lowest BCUT2D eigenvalue weighted by atomic mass is 9.98. The number of methoxy groups -OCH3 is 1. The SMILES string of the molecule is COc1ccccc1C(=O)NCCC(=O)N1CCCc2cccc(C)c21. The number of carbonyl (C=O) groups excluding carboxylic acids is 2. The number of carbonyl (C=O) groups is 2. The van der Waals surface area contributed by atoms with Gasteiger partial charge in [0.25, 0.3) is 5.91 Å². The molecule has 26 heavy (non-hydrogen) atoms. The third kappa shape index (κ3) is 3.72. The van der Waals surface area contributed by atoms with Gasteiger partial charge in [-0.3, -0.25) is 9.59 Å². The number of aryl methyl sites for hydroxylation is 2. The van der Waals surface area contributed by atoms with Crippen LogP contribution in [-0.4, -0.2) is 32.0 Å². The van der Waals surface area contributed by atoms with E-state index in [2.05, 4.69) is 11.4 Å². The highest BCUT2D eigenvalue weighted by molar-refractivity contribution is 5.98. The van der Waals surface area contributed by atoms with Crippen LogP contribution in [0.2, 0.25) is 0 Å². The van der Waals surface area contributed by atoms with Crippen LogP contribution >= 0.6 is 0 Å². The minimum Gasteiger partial charge on any atom is -0.496 e. The second kappa shape index (κ2) is 8.04. The molecule has 0 fully saturated rings. The predicted octanol–water partition coefficient (Wildman–Crippen LogP) is 3.10. The molecular weight excluding hydrogens is 328 g/mol. The van der Waals surface area contributed by atoms with Gasteiger partial charge in [0.1, 0.15) is 5.75 Å². The van der Waals surface area contributed by atoms with Crippen LogP contribution in [0.5, 0.6) is 5.75 Å². The van der Waals surface area contributed by atoms with Crippen molar-refractivity contribution in [1.82, 2.24) is 5.32 Å². The molecule has 136 valence electrons. The minimum absolute atomic E-state index is 0.0422. The highest BCUT2D eigenvalue weighted by Gasteiger charge is 2.23. The number of fused-ring (bicyclic) bond motifs is 1. The molecule has 1 aliphatic heterocycles. The molecule has 0 radical (unpaired) electrons. The standard InChI is InChI=1S/C21H24N2O3/c1-15-7-5-8-16-9-6-14-23(20(15)16)19(24)12-13-22-21(25)17-10-3-4-11-18(17)26-2/h3-5,7-8,10-11H,6,9,12-14H2,1-2H3,(H,22,25). The Hall–Kier alpha value is -2.82. The molecule has 3 rings (SSSR count). The first-order chi connectivity index (χ1) is 12.6. The van der Waals surface area contributed by atoms with Crippen LogP contribution < -0.4 is 15.0 Å². The van der Waals surface area contributed by atoms with Crippen LogP contribution in [-0.2, 0) is 11.2 Å². The van der Waals surface area contributed by atoms with Crippen LogP contribution in [0.1, 0.15) is 34.3 Å².